The SMILES string of the molecule is Nc1nonc1C1=NOCN1c1cccc(Cl)c1. The van der Waals surface area contributed by atoms with Crippen molar-refractivity contribution in [2.24, 2.45) is 5.16 Å². The molecule has 2 N–H and O–H groups in total. The van der Waals surface area contributed by atoms with Crippen molar-refractivity contribution in [1.29, 1.82) is 0 Å². The maximum absolute atomic E-state index is 5.95. The second kappa shape index (κ2) is 4.19. The second-order valence-electron chi connectivity index (χ2n) is 3.58. The van der Waals surface area contributed by atoms with E-state index in [1.165, 1.54) is 0 Å². The normalized spacial score (nSPS) is 14.5. The number of rotatable bonds is 2. The van der Waals surface area contributed by atoms with Crippen LogP contribution < -0.4 is 10.6 Å². The first-order valence-electron chi connectivity index (χ1n) is 5.07. The van der Waals surface area contributed by atoms with Gasteiger partial charge in [0.1, 0.15) is 0 Å². The summed E-state index contributed by atoms with van der Waals surface area (Å²) in [6.45, 7) is 0.252. The Labute approximate surface area is 107 Å². The lowest BCUT2D eigenvalue weighted by molar-refractivity contribution is 0.174. The zero-order valence-electron chi connectivity index (χ0n) is 9.08. The molecule has 1 aliphatic rings. The number of hydrogen-bond acceptors (Lipinski definition) is 7. The number of aromatic nitrogens is 2. The third-order valence-electron chi connectivity index (χ3n) is 2.44. The number of benzene rings is 1. The van der Waals surface area contributed by atoms with Gasteiger partial charge in [0.05, 0.1) is 0 Å². The number of hydrogen-bond donors (Lipinski definition) is 1. The monoisotopic (exact) mass is 265 g/mol. The standard InChI is InChI=1S/C10H8ClN5O2/c11-6-2-1-3-7(4-6)16-5-17-15-10(16)8-9(12)14-18-13-8/h1-4H,5H2,(H2,12,14). The Bertz CT molecular complexity index is 612. The average molecular weight is 266 g/mol. The van der Waals surface area contributed by atoms with Gasteiger partial charge in [0, 0.05) is 10.7 Å². The minimum atomic E-state index is 0.159. The Morgan fingerprint density at radius 2 is 2.22 bits per heavy atom. The molecule has 0 saturated heterocycles. The minimum Gasteiger partial charge on any atom is -0.379 e. The van der Waals surface area contributed by atoms with Crippen molar-refractivity contribution in [1.82, 2.24) is 10.3 Å². The van der Waals surface area contributed by atoms with Gasteiger partial charge >= 0.3 is 0 Å². The van der Waals surface area contributed by atoms with Crippen LogP contribution in [0.4, 0.5) is 11.5 Å². The van der Waals surface area contributed by atoms with Crippen LogP contribution in [0.25, 0.3) is 0 Å². The zero-order chi connectivity index (χ0) is 12.5. The van der Waals surface area contributed by atoms with Gasteiger partial charge in [-0.05, 0) is 28.5 Å². The molecule has 0 atom stereocenters. The highest BCUT2D eigenvalue weighted by atomic mass is 35.5. The second-order valence-corrected chi connectivity index (χ2v) is 4.02. The van der Waals surface area contributed by atoms with Crippen LogP contribution in [0.5, 0.6) is 0 Å². The molecule has 1 aliphatic heterocycles. The first-order chi connectivity index (χ1) is 8.75. The lowest BCUT2D eigenvalue weighted by Gasteiger charge is -2.16. The van der Waals surface area contributed by atoms with Crippen molar-refractivity contribution in [2.75, 3.05) is 17.4 Å². The number of oxime groups is 1. The van der Waals surface area contributed by atoms with Crippen molar-refractivity contribution < 1.29 is 9.47 Å². The molecule has 2 aromatic rings. The molecule has 7 nitrogen and oxygen atoms in total. The summed E-state index contributed by atoms with van der Waals surface area (Å²) in [5, 5.41) is 11.7. The summed E-state index contributed by atoms with van der Waals surface area (Å²) in [5.41, 5.74) is 6.79. The zero-order valence-corrected chi connectivity index (χ0v) is 9.83. The minimum absolute atomic E-state index is 0.159. The van der Waals surface area contributed by atoms with Crippen LogP contribution in [0, 0.1) is 0 Å². The molecule has 0 amide bonds. The van der Waals surface area contributed by atoms with Crippen LogP contribution in [0.15, 0.2) is 34.1 Å². The van der Waals surface area contributed by atoms with E-state index < -0.39 is 0 Å². The van der Waals surface area contributed by atoms with Crippen molar-refractivity contribution in [2.45, 2.75) is 0 Å². The van der Waals surface area contributed by atoms with E-state index in [4.69, 9.17) is 22.2 Å². The van der Waals surface area contributed by atoms with Gasteiger partial charge in [0.15, 0.2) is 18.2 Å². The smallest absolute Gasteiger partial charge is 0.208 e. The molecule has 0 unspecified atom stereocenters. The summed E-state index contributed by atoms with van der Waals surface area (Å²) >= 11 is 5.95. The first kappa shape index (κ1) is 10.8. The summed E-state index contributed by atoms with van der Waals surface area (Å²) in [6, 6.07) is 7.28. The van der Waals surface area contributed by atoms with Crippen LogP contribution in [0.1, 0.15) is 5.69 Å². The summed E-state index contributed by atoms with van der Waals surface area (Å²) in [6.07, 6.45) is 0. The van der Waals surface area contributed by atoms with Crippen LogP contribution in [-0.4, -0.2) is 22.9 Å². The van der Waals surface area contributed by atoms with Crippen molar-refractivity contribution in [3.8, 4) is 0 Å². The van der Waals surface area contributed by atoms with Crippen molar-refractivity contribution >= 4 is 28.9 Å². The third-order valence-corrected chi connectivity index (χ3v) is 2.67. The molecular formula is C10H8ClN5O2. The van der Waals surface area contributed by atoms with Crippen LogP contribution in [-0.2, 0) is 4.84 Å². The highest BCUT2D eigenvalue weighted by Crippen LogP contribution is 2.25. The molecular weight excluding hydrogens is 258 g/mol. The van der Waals surface area contributed by atoms with Crippen molar-refractivity contribution in [3.63, 3.8) is 0 Å². The maximum Gasteiger partial charge on any atom is 0.208 e. The fourth-order valence-electron chi connectivity index (χ4n) is 1.62. The lowest BCUT2D eigenvalue weighted by Crippen LogP contribution is -2.28. The Balaban J connectivity index is 1.99. The van der Waals surface area contributed by atoms with Gasteiger partial charge in [-0.2, -0.15) is 0 Å². The molecule has 0 bridgehead atoms. The largest absolute Gasteiger partial charge is 0.379 e. The quantitative estimate of drug-likeness (QED) is 0.884. The number of nitrogens with two attached hydrogens (primary N) is 1. The van der Waals surface area contributed by atoms with E-state index in [1.807, 2.05) is 12.1 Å². The molecule has 1 aromatic heterocycles. The molecule has 0 aliphatic carbocycles. The molecule has 0 fully saturated rings. The molecule has 0 saturated carbocycles. The number of nitrogens with zero attached hydrogens (tertiary/aromatic N) is 4. The first-order valence-corrected chi connectivity index (χ1v) is 5.45. The number of nitrogen functional groups attached to an aromatic ring is 1. The lowest BCUT2D eigenvalue weighted by atomic mass is 10.2. The fraction of sp³-hybridized carbons (Fsp3) is 0.100. The maximum atomic E-state index is 5.95. The van der Waals surface area contributed by atoms with Gasteiger partial charge in [-0.3, -0.25) is 4.90 Å². The fourth-order valence-corrected chi connectivity index (χ4v) is 1.81. The molecule has 2 heterocycles. The topological polar surface area (TPSA) is 89.8 Å². The van der Waals surface area contributed by atoms with E-state index in [0.717, 1.165) is 5.69 Å². The van der Waals surface area contributed by atoms with Crippen molar-refractivity contribution in [3.05, 3.63) is 35.0 Å². The molecule has 8 heteroatoms. The predicted molar refractivity (Wildman–Crippen MR) is 65.1 cm³/mol. The van der Waals surface area contributed by atoms with E-state index in [0.29, 0.717) is 16.6 Å². The van der Waals surface area contributed by atoms with E-state index in [1.54, 1.807) is 17.0 Å². The summed E-state index contributed by atoms with van der Waals surface area (Å²) in [5.74, 6) is 0.599. The van der Waals surface area contributed by atoms with Crippen LogP contribution >= 0.6 is 11.6 Å². The third kappa shape index (κ3) is 1.74. The van der Waals surface area contributed by atoms with Crippen LogP contribution in [0.2, 0.25) is 5.02 Å². The summed E-state index contributed by atoms with van der Waals surface area (Å²) in [4.78, 5) is 6.81. The molecule has 3 rings (SSSR count). The number of halogens is 1. The highest BCUT2D eigenvalue weighted by molar-refractivity contribution is 6.31. The van der Waals surface area contributed by atoms with E-state index in [9.17, 15) is 0 Å². The van der Waals surface area contributed by atoms with E-state index in [2.05, 4.69) is 20.1 Å². The van der Waals surface area contributed by atoms with Gasteiger partial charge in [-0.1, -0.05) is 22.8 Å². The Morgan fingerprint density at radius 1 is 1.33 bits per heavy atom. The van der Waals surface area contributed by atoms with E-state index in [-0.39, 0.29) is 12.5 Å². The van der Waals surface area contributed by atoms with Gasteiger partial charge in [-0.15, -0.1) is 0 Å². The molecule has 1 aromatic carbocycles. The molecule has 0 spiro atoms. The molecule has 0 radical (unpaired) electrons. The molecule has 18 heavy (non-hydrogen) atoms. The Morgan fingerprint density at radius 3 is 2.94 bits per heavy atom. The molecule has 92 valence electrons. The average Bonchev–Trinajstić information content (AvgIpc) is 2.96. The van der Waals surface area contributed by atoms with Gasteiger partial charge in [-0.25, -0.2) is 4.63 Å². The summed E-state index contributed by atoms with van der Waals surface area (Å²) in [7, 11) is 0. The Hall–Kier alpha value is -2.28. The van der Waals surface area contributed by atoms with Gasteiger partial charge in [0.2, 0.25) is 5.84 Å². The van der Waals surface area contributed by atoms with Gasteiger partial charge in [0.25, 0.3) is 0 Å². The number of amidine groups is 1. The predicted octanol–water partition coefficient (Wildman–Crippen LogP) is 1.46. The van der Waals surface area contributed by atoms with Gasteiger partial charge < -0.3 is 10.6 Å². The van der Waals surface area contributed by atoms with E-state index >= 15 is 0 Å². The highest BCUT2D eigenvalue weighted by Gasteiger charge is 2.27. The number of anilines is 2. The Kier molecular flexibility index (Phi) is 2.52. The van der Waals surface area contributed by atoms with Crippen LogP contribution in [0.3, 0.4) is 0 Å². The summed E-state index contributed by atoms with van der Waals surface area (Å²) < 4.78 is 4.55.